The van der Waals surface area contributed by atoms with Gasteiger partial charge >= 0.3 is 18.1 Å². The number of thioether (sulfide) groups is 1. The summed E-state index contributed by atoms with van der Waals surface area (Å²) in [5, 5.41) is 30.7. The lowest BCUT2D eigenvalue weighted by atomic mass is 9.79. The molecule has 1 aromatic rings. The molecule has 6 atom stereocenters. The number of aliphatic hydroxyl groups is 1. The van der Waals surface area contributed by atoms with Crippen LogP contribution in [-0.4, -0.2) is 122 Å². The number of carboxylic acids is 1. The Morgan fingerprint density at radius 3 is 2.42 bits per heavy atom. The molecule has 3 saturated heterocycles. The van der Waals surface area contributed by atoms with E-state index in [1.807, 2.05) is 0 Å². The summed E-state index contributed by atoms with van der Waals surface area (Å²) in [6.45, 7) is 3.30. The van der Waals surface area contributed by atoms with Crippen molar-refractivity contribution in [3.05, 3.63) is 50.5 Å². The van der Waals surface area contributed by atoms with Gasteiger partial charge in [0.15, 0.2) is 0 Å². The number of hydrogen-bond donors (Lipinski definition) is 2. The van der Waals surface area contributed by atoms with Crippen molar-refractivity contribution in [3.8, 4) is 0 Å². The van der Waals surface area contributed by atoms with E-state index in [2.05, 4.69) is 0 Å². The van der Waals surface area contributed by atoms with Crippen LogP contribution in [0, 0.1) is 22.0 Å². The smallest absolute Gasteiger partial charge is 0.410 e. The molecule has 5 rings (SSSR count). The number of sulfonamides is 1. The molecule has 0 radical (unpaired) electrons. The van der Waals surface area contributed by atoms with Crippen LogP contribution in [0.2, 0.25) is 0 Å². The number of hydrogen-bond acceptors (Lipinski definition) is 11. The van der Waals surface area contributed by atoms with Crippen molar-refractivity contribution in [2.75, 3.05) is 32.4 Å². The molecule has 4 aliphatic rings. The third kappa shape index (κ3) is 6.05. The maximum absolute atomic E-state index is 13.4. The van der Waals surface area contributed by atoms with Crippen LogP contribution in [0.25, 0.3) is 0 Å². The maximum Gasteiger partial charge on any atom is 0.410 e. The summed E-state index contributed by atoms with van der Waals surface area (Å²) in [5.41, 5.74) is 0.242. The topological polar surface area (TPSA) is 208 Å². The number of nitro benzene ring substituents is 1. The van der Waals surface area contributed by atoms with Gasteiger partial charge in [-0.15, -0.1) is 11.8 Å². The normalized spacial score (nSPS) is 27.2. The van der Waals surface area contributed by atoms with Crippen molar-refractivity contribution in [2.24, 2.45) is 11.8 Å². The summed E-state index contributed by atoms with van der Waals surface area (Å²) in [7, 11) is -3.78. The van der Waals surface area contributed by atoms with Crippen LogP contribution in [0.15, 0.2) is 34.9 Å². The van der Waals surface area contributed by atoms with Crippen LogP contribution < -0.4 is 0 Å². The highest BCUT2D eigenvalue weighted by Gasteiger charge is 2.60. The zero-order valence-corrected chi connectivity index (χ0v) is 26.3. The van der Waals surface area contributed by atoms with Gasteiger partial charge in [-0.05, 0) is 31.0 Å². The number of fused-ring (bicyclic) bond motifs is 1. The highest BCUT2D eigenvalue weighted by Crippen LogP contribution is 2.52. The van der Waals surface area contributed by atoms with Crippen LogP contribution >= 0.6 is 11.8 Å². The van der Waals surface area contributed by atoms with Crippen molar-refractivity contribution in [3.63, 3.8) is 0 Å². The fraction of sp³-hybridized carbons (Fsp3) is 0.556. The van der Waals surface area contributed by atoms with E-state index in [-0.39, 0.29) is 55.3 Å². The molecule has 3 fully saturated rings. The largest absolute Gasteiger partial charge is 0.477 e. The van der Waals surface area contributed by atoms with Crippen molar-refractivity contribution >= 4 is 51.5 Å². The molecule has 4 heterocycles. The molecule has 2 N–H and O–H groups in total. The van der Waals surface area contributed by atoms with Gasteiger partial charge in [0, 0.05) is 47.8 Å². The Balaban J connectivity index is 1.35. The zero-order valence-electron chi connectivity index (χ0n) is 24.6. The number of likely N-dealkylation sites (tertiary alicyclic amines) is 1. The lowest BCUT2D eigenvalue weighted by Gasteiger charge is -2.46. The second-order valence-electron chi connectivity index (χ2n) is 11.6. The van der Waals surface area contributed by atoms with E-state index >= 15 is 0 Å². The third-order valence-electron chi connectivity index (χ3n) is 8.61. The lowest BCUT2D eigenvalue weighted by molar-refractivity contribution is -0.384. The number of aliphatic carboxylic acids is 1. The Morgan fingerprint density at radius 1 is 1.20 bits per heavy atom. The van der Waals surface area contributed by atoms with Crippen molar-refractivity contribution in [2.45, 2.75) is 50.3 Å². The van der Waals surface area contributed by atoms with Crippen LogP contribution in [-0.2, 0) is 31.0 Å². The van der Waals surface area contributed by atoms with Gasteiger partial charge in [-0.2, -0.15) is 0 Å². The van der Waals surface area contributed by atoms with Gasteiger partial charge in [0.1, 0.15) is 12.3 Å². The van der Waals surface area contributed by atoms with E-state index in [1.165, 1.54) is 57.7 Å². The molecule has 45 heavy (non-hydrogen) atoms. The number of nitro groups is 1. The summed E-state index contributed by atoms with van der Waals surface area (Å²) >= 11 is 1.23. The van der Waals surface area contributed by atoms with Crippen LogP contribution in [0.5, 0.6) is 0 Å². The highest BCUT2D eigenvalue weighted by atomic mass is 32.2. The number of benzene rings is 1. The van der Waals surface area contributed by atoms with E-state index in [4.69, 9.17) is 4.74 Å². The minimum Gasteiger partial charge on any atom is -0.477 e. The molecule has 0 aliphatic carbocycles. The predicted octanol–water partition coefficient (Wildman–Crippen LogP) is 1.26. The van der Waals surface area contributed by atoms with Gasteiger partial charge < -0.3 is 29.6 Å². The summed E-state index contributed by atoms with van der Waals surface area (Å²) in [5.74, 6) is -2.85. The fourth-order valence-electron chi connectivity index (χ4n) is 6.45. The first-order valence-corrected chi connectivity index (χ1v) is 16.9. The Morgan fingerprint density at radius 2 is 1.87 bits per heavy atom. The summed E-state index contributed by atoms with van der Waals surface area (Å²) in [6.07, 6.45) is -0.442. The summed E-state index contributed by atoms with van der Waals surface area (Å²) in [4.78, 5) is 66.1. The molecule has 0 unspecified atom stereocenters. The number of β-lactam (4-membered cyclic amide) rings is 1. The number of amides is 4. The molecule has 0 bridgehead atoms. The first-order chi connectivity index (χ1) is 21.1. The van der Waals surface area contributed by atoms with Crippen molar-refractivity contribution < 1.29 is 47.5 Å². The van der Waals surface area contributed by atoms with E-state index in [1.54, 1.807) is 6.92 Å². The van der Waals surface area contributed by atoms with Gasteiger partial charge in [-0.3, -0.25) is 14.9 Å². The number of non-ortho nitro benzene ring substituents is 1. The van der Waals surface area contributed by atoms with Gasteiger partial charge in [0.05, 0.1) is 41.8 Å². The fourth-order valence-corrected chi connectivity index (χ4v) is 8.82. The average molecular weight is 668 g/mol. The van der Waals surface area contributed by atoms with E-state index in [0.29, 0.717) is 16.9 Å². The Bertz CT molecular complexity index is 1560. The quantitative estimate of drug-likeness (QED) is 0.205. The minimum absolute atomic E-state index is 0.00622. The Hall–Kier alpha value is -3.90. The highest BCUT2D eigenvalue weighted by molar-refractivity contribution is 8.03. The summed E-state index contributed by atoms with van der Waals surface area (Å²) in [6, 6.07) is 3.67. The predicted molar refractivity (Wildman–Crippen MR) is 158 cm³/mol. The molecule has 16 nitrogen and oxygen atoms in total. The molecule has 4 aliphatic heterocycles. The van der Waals surface area contributed by atoms with E-state index in [0.717, 1.165) is 10.6 Å². The molecule has 1 aromatic carbocycles. The monoisotopic (exact) mass is 667 g/mol. The van der Waals surface area contributed by atoms with Gasteiger partial charge in [0.25, 0.3) is 5.69 Å². The van der Waals surface area contributed by atoms with Gasteiger partial charge in [-0.25, -0.2) is 27.1 Å². The lowest BCUT2D eigenvalue weighted by Crippen LogP contribution is -2.63. The molecule has 0 aromatic heterocycles. The first-order valence-electron chi connectivity index (χ1n) is 14.2. The molecule has 18 heteroatoms. The second kappa shape index (κ2) is 12.1. The standard InChI is InChI=1S/C27H33N5O11S2/c1-14-21-20(15(2)33)24(34)31(21)22(25(35)36)23(14)44-19-10-18(11-28-8-9-30(26(28)37)45(3,41)42)29(12-19)27(38)43-13-16-4-6-17(7-5-16)32(39)40/h4-7,14-15,18-21,33H,8-13H2,1-3H3,(H,35,36)/t14-,15-,18+,19+,20-,21-/m1/s1. The van der Waals surface area contributed by atoms with E-state index in [9.17, 15) is 47.9 Å². The van der Waals surface area contributed by atoms with Crippen LogP contribution in [0.3, 0.4) is 0 Å². The number of ether oxygens (including phenoxy) is 1. The maximum atomic E-state index is 13.4. The number of urea groups is 1. The number of carbonyl (C=O) groups is 4. The Labute approximate surface area is 262 Å². The SMILES string of the molecule is C[C@@H](O)[C@H]1C(=O)N2C(C(=O)O)=C(S[C@H]3C[C@@H](CN4CCN(S(C)(=O)=O)C4=O)N(C(=O)OCc4ccc([N+](=O)[O-])cc4)C3)[C@H](C)[C@H]12. The molecule has 244 valence electrons. The third-order valence-corrected chi connectivity index (χ3v) is 11.2. The number of carbonyl (C=O) groups excluding carboxylic acids is 3. The molecule has 0 spiro atoms. The van der Waals surface area contributed by atoms with Crippen LogP contribution in [0.4, 0.5) is 15.3 Å². The van der Waals surface area contributed by atoms with Gasteiger partial charge in [-0.1, -0.05) is 6.92 Å². The average Bonchev–Trinajstić information content (AvgIpc) is 3.60. The molecular formula is C27H33N5O11S2. The number of carboxylic acid groups (broad SMARTS) is 1. The Kier molecular flexibility index (Phi) is 8.76. The zero-order chi connectivity index (χ0) is 33.0. The molecule has 0 saturated carbocycles. The van der Waals surface area contributed by atoms with Crippen LogP contribution in [0.1, 0.15) is 25.8 Å². The number of nitrogens with zero attached hydrogens (tertiary/aromatic N) is 5. The van der Waals surface area contributed by atoms with Gasteiger partial charge in [0.2, 0.25) is 15.9 Å². The number of rotatable bonds is 10. The van der Waals surface area contributed by atoms with E-state index < -0.39 is 63.1 Å². The van der Waals surface area contributed by atoms with Crippen molar-refractivity contribution in [1.29, 1.82) is 0 Å². The summed E-state index contributed by atoms with van der Waals surface area (Å²) < 4.78 is 30.4. The minimum atomic E-state index is -3.78. The van der Waals surface area contributed by atoms with Crippen molar-refractivity contribution in [1.82, 2.24) is 19.0 Å². The first kappa shape index (κ1) is 32.5. The molecule has 4 amide bonds. The second-order valence-corrected chi connectivity index (χ2v) is 14.8. The molecular weight excluding hydrogens is 634 g/mol. The number of aliphatic hydroxyl groups excluding tert-OH is 1.